The summed E-state index contributed by atoms with van der Waals surface area (Å²) in [7, 11) is 0. The fraction of sp³-hybridized carbons (Fsp3) is 0.600. The zero-order chi connectivity index (χ0) is 10.9. The van der Waals surface area contributed by atoms with Crippen LogP contribution >= 0.6 is 0 Å². The van der Waals surface area contributed by atoms with Crippen molar-refractivity contribution in [1.29, 1.82) is 0 Å². The van der Waals surface area contributed by atoms with Gasteiger partial charge in [-0.1, -0.05) is 20.3 Å². The molecule has 14 heavy (non-hydrogen) atoms. The van der Waals surface area contributed by atoms with E-state index in [4.69, 9.17) is 0 Å². The predicted octanol–water partition coefficient (Wildman–Crippen LogP) is 0.932. The van der Waals surface area contributed by atoms with Gasteiger partial charge in [-0.05, 0) is 12.8 Å². The third-order valence-corrected chi connectivity index (χ3v) is 2.63. The molecule has 0 aromatic carbocycles. The first-order valence-electron chi connectivity index (χ1n) is 4.74. The number of nitrogens with one attached hydrogen (secondary N) is 1. The smallest absolute Gasteiger partial charge is 0.259 e. The fourth-order valence-corrected chi connectivity index (χ4v) is 1.54. The maximum Gasteiger partial charge on any atom is 0.259 e. The van der Waals surface area contributed by atoms with Gasteiger partial charge in [0.25, 0.3) is 5.91 Å². The minimum absolute atomic E-state index is 0.0877. The number of Topliss-reactive ketones (excluding diaryl/α,β-unsaturated/α-hetero) is 1. The third-order valence-electron chi connectivity index (χ3n) is 2.63. The highest BCUT2D eigenvalue weighted by Gasteiger charge is 2.36. The van der Waals surface area contributed by atoms with Crippen molar-refractivity contribution in [3.8, 4) is 0 Å². The Hall–Kier alpha value is -1.32. The lowest BCUT2D eigenvalue weighted by molar-refractivity contribution is -0.121. The summed E-state index contributed by atoms with van der Waals surface area (Å²) in [5, 5.41) is 12.3. The molecule has 1 aliphatic heterocycles. The van der Waals surface area contributed by atoms with Gasteiger partial charge in [0, 0.05) is 0 Å². The van der Waals surface area contributed by atoms with E-state index in [0.29, 0.717) is 0 Å². The van der Waals surface area contributed by atoms with Gasteiger partial charge in [0.15, 0.2) is 5.78 Å². The molecule has 4 nitrogen and oxygen atoms in total. The molecule has 2 N–H and O–H groups in total. The van der Waals surface area contributed by atoms with Crippen molar-refractivity contribution in [3.05, 3.63) is 11.3 Å². The Balaban J connectivity index is 2.98. The number of rotatable bonds is 3. The molecule has 0 fully saturated rings. The number of amides is 1. The SMILES string of the molecule is CC[C@@H](C)[C@H]1NC(=O)C(C(C)=O)=C1O. The first-order valence-corrected chi connectivity index (χ1v) is 4.74. The molecule has 0 aliphatic carbocycles. The summed E-state index contributed by atoms with van der Waals surface area (Å²) in [6, 6.07) is -0.397. The normalized spacial score (nSPS) is 23.6. The van der Waals surface area contributed by atoms with Crippen LogP contribution in [-0.2, 0) is 9.59 Å². The Morgan fingerprint density at radius 3 is 2.57 bits per heavy atom. The highest BCUT2D eigenvalue weighted by Crippen LogP contribution is 2.23. The molecular weight excluding hydrogens is 182 g/mol. The lowest BCUT2D eigenvalue weighted by Gasteiger charge is -2.17. The third kappa shape index (κ3) is 1.64. The molecule has 0 radical (unpaired) electrons. The first kappa shape index (κ1) is 10.8. The minimum Gasteiger partial charge on any atom is -0.509 e. The van der Waals surface area contributed by atoms with Gasteiger partial charge in [-0.15, -0.1) is 0 Å². The van der Waals surface area contributed by atoms with Gasteiger partial charge >= 0.3 is 0 Å². The van der Waals surface area contributed by atoms with Crippen LogP contribution in [-0.4, -0.2) is 22.8 Å². The van der Waals surface area contributed by atoms with Gasteiger partial charge in [-0.2, -0.15) is 0 Å². The monoisotopic (exact) mass is 197 g/mol. The molecule has 4 heteroatoms. The second-order valence-electron chi connectivity index (χ2n) is 3.65. The second-order valence-corrected chi connectivity index (χ2v) is 3.65. The van der Waals surface area contributed by atoms with Crippen molar-refractivity contribution in [2.45, 2.75) is 33.2 Å². The van der Waals surface area contributed by atoms with E-state index in [1.807, 2.05) is 13.8 Å². The van der Waals surface area contributed by atoms with Crippen LogP contribution in [0.15, 0.2) is 11.3 Å². The van der Waals surface area contributed by atoms with Gasteiger partial charge in [0.05, 0.1) is 6.04 Å². The van der Waals surface area contributed by atoms with Crippen molar-refractivity contribution in [1.82, 2.24) is 5.32 Å². The summed E-state index contributed by atoms with van der Waals surface area (Å²) in [5.74, 6) is -0.807. The largest absolute Gasteiger partial charge is 0.509 e. The van der Waals surface area contributed by atoms with E-state index >= 15 is 0 Å². The van der Waals surface area contributed by atoms with Crippen LogP contribution in [0.5, 0.6) is 0 Å². The average molecular weight is 197 g/mol. The fourth-order valence-electron chi connectivity index (χ4n) is 1.54. The van der Waals surface area contributed by atoms with E-state index in [1.54, 1.807) is 0 Å². The molecule has 0 saturated carbocycles. The Bertz CT molecular complexity index is 306. The van der Waals surface area contributed by atoms with Crippen LogP contribution in [0.4, 0.5) is 0 Å². The second kappa shape index (κ2) is 3.82. The van der Waals surface area contributed by atoms with Gasteiger partial charge < -0.3 is 10.4 Å². The van der Waals surface area contributed by atoms with Crippen LogP contribution in [0.3, 0.4) is 0 Å². The number of aliphatic hydroxyl groups is 1. The van der Waals surface area contributed by atoms with Gasteiger partial charge in [-0.3, -0.25) is 9.59 Å². The zero-order valence-corrected chi connectivity index (χ0v) is 8.63. The number of hydrogen-bond acceptors (Lipinski definition) is 3. The van der Waals surface area contributed by atoms with E-state index in [0.717, 1.165) is 6.42 Å². The highest BCUT2D eigenvalue weighted by atomic mass is 16.3. The number of aliphatic hydroxyl groups excluding tert-OH is 1. The lowest BCUT2D eigenvalue weighted by Crippen LogP contribution is -2.34. The van der Waals surface area contributed by atoms with Crippen molar-refractivity contribution in [2.75, 3.05) is 0 Å². The summed E-state index contributed by atoms with van der Waals surface area (Å²) in [6.45, 7) is 5.17. The van der Waals surface area contributed by atoms with Crippen molar-refractivity contribution >= 4 is 11.7 Å². The Labute approximate surface area is 83.0 Å². The number of ketones is 1. The molecular formula is C10H15NO3. The maximum absolute atomic E-state index is 11.3. The standard InChI is InChI=1S/C10H15NO3/c1-4-5(2)8-9(13)7(6(3)12)10(14)11-8/h5,8,13H,4H2,1-3H3,(H,11,14)/t5-,8-/m1/s1. The molecule has 1 amide bonds. The molecule has 0 bridgehead atoms. The summed E-state index contributed by atoms with van der Waals surface area (Å²) >= 11 is 0. The molecule has 0 saturated heterocycles. The molecule has 2 atom stereocenters. The number of hydrogen-bond donors (Lipinski definition) is 2. The average Bonchev–Trinajstić information content (AvgIpc) is 2.40. The van der Waals surface area contributed by atoms with Crippen LogP contribution in [0.1, 0.15) is 27.2 Å². The van der Waals surface area contributed by atoms with Crippen molar-refractivity contribution in [2.24, 2.45) is 5.92 Å². The summed E-state index contributed by atoms with van der Waals surface area (Å²) in [6.07, 6.45) is 0.834. The van der Waals surface area contributed by atoms with Gasteiger partial charge in [-0.25, -0.2) is 0 Å². The topological polar surface area (TPSA) is 66.4 Å². The molecule has 1 aliphatic rings. The predicted molar refractivity (Wildman–Crippen MR) is 51.7 cm³/mol. The van der Waals surface area contributed by atoms with Crippen LogP contribution in [0, 0.1) is 5.92 Å². The molecule has 78 valence electrons. The quantitative estimate of drug-likeness (QED) is 0.661. The molecule has 0 spiro atoms. The lowest BCUT2D eigenvalue weighted by atomic mass is 9.97. The zero-order valence-electron chi connectivity index (χ0n) is 8.63. The van der Waals surface area contributed by atoms with Crippen LogP contribution < -0.4 is 5.32 Å². The summed E-state index contributed by atoms with van der Waals surface area (Å²) in [4.78, 5) is 22.4. The first-order chi connectivity index (χ1) is 6.49. The van der Waals surface area contributed by atoms with Gasteiger partial charge in [0.1, 0.15) is 11.3 Å². The van der Waals surface area contributed by atoms with Crippen LogP contribution in [0.25, 0.3) is 0 Å². The van der Waals surface area contributed by atoms with E-state index in [1.165, 1.54) is 6.92 Å². The molecule has 0 aromatic rings. The van der Waals surface area contributed by atoms with Gasteiger partial charge in [0.2, 0.25) is 0 Å². The summed E-state index contributed by atoms with van der Waals surface area (Å²) < 4.78 is 0. The Morgan fingerprint density at radius 1 is 1.64 bits per heavy atom. The summed E-state index contributed by atoms with van der Waals surface area (Å²) in [5.41, 5.74) is -0.0877. The number of carbonyl (C=O) groups is 2. The van der Waals surface area contributed by atoms with E-state index in [-0.39, 0.29) is 23.0 Å². The maximum atomic E-state index is 11.3. The number of carbonyl (C=O) groups excluding carboxylic acids is 2. The molecule has 0 aromatic heterocycles. The molecule has 0 unspecified atom stereocenters. The van der Waals surface area contributed by atoms with E-state index in [9.17, 15) is 14.7 Å². The molecule has 1 rings (SSSR count). The Morgan fingerprint density at radius 2 is 2.21 bits per heavy atom. The molecule has 1 heterocycles. The highest BCUT2D eigenvalue weighted by molar-refractivity contribution is 6.20. The van der Waals surface area contributed by atoms with Crippen LogP contribution in [0.2, 0.25) is 0 Å². The van der Waals surface area contributed by atoms with Crippen molar-refractivity contribution in [3.63, 3.8) is 0 Å². The van der Waals surface area contributed by atoms with E-state index < -0.39 is 11.9 Å². The Kier molecular flexibility index (Phi) is 2.93. The van der Waals surface area contributed by atoms with Crippen molar-refractivity contribution < 1.29 is 14.7 Å². The minimum atomic E-state index is -0.458. The van der Waals surface area contributed by atoms with E-state index in [2.05, 4.69) is 5.32 Å².